The van der Waals surface area contributed by atoms with E-state index in [1.54, 1.807) is 18.2 Å². The van der Waals surface area contributed by atoms with Crippen molar-refractivity contribution < 1.29 is 13.9 Å². The number of hydrogen-bond donors (Lipinski definition) is 2. The van der Waals surface area contributed by atoms with Crippen LogP contribution >= 0.6 is 0 Å². The first-order valence-corrected chi connectivity index (χ1v) is 9.79. The van der Waals surface area contributed by atoms with Crippen molar-refractivity contribution in [2.24, 2.45) is 5.41 Å². The Morgan fingerprint density at radius 2 is 1.92 bits per heavy atom. The smallest absolute Gasteiger partial charge is 0.239 e. The second-order valence-corrected chi connectivity index (χ2v) is 7.96. The first-order chi connectivity index (χ1) is 12.7. The van der Waals surface area contributed by atoms with Crippen molar-refractivity contribution in [3.05, 3.63) is 30.1 Å². The predicted molar refractivity (Wildman–Crippen MR) is 97.6 cm³/mol. The Kier molecular flexibility index (Phi) is 5.14. The molecule has 4 rings (SSSR count). The lowest BCUT2D eigenvalue weighted by Crippen LogP contribution is -2.48. The summed E-state index contributed by atoms with van der Waals surface area (Å²) in [6, 6.07) is 6.47. The molecule has 5 nitrogen and oxygen atoms in total. The van der Waals surface area contributed by atoms with E-state index in [9.17, 15) is 9.18 Å². The topological polar surface area (TPSA) is 53.6 Å². The van der Waals surface area contributed by atoms with Gasteiger partial charge in [0.2, 0.25) is 5.91 Å². The van der Waals surface area contributed by atoms with Crippen molar-refractivity contribution in [1.29, 1.82) is 0 Å². The number of carbonyl (C=O) groups excluding carboxylic acids is 1. The molecule has 1 aromatic rings. The lowest BCUT2D eigenvalue weighted by molar-refractivity contribution is -0.135. The number of halogens is 1. The highest BCUT2D eigenvalue weighted by Gasteiger charge is 2.43. The van der Waals surface area contributed by atoms with E-state index in [2.05, 4.69) is 10.6 Å². The van der Waals surface area contributed by atoms with Crippen molar-refractivity contribution in [1.82, 2.24) is 15.5 Å². The molecule has 0 saturated carbocycles. The van der Waals surface area contributed by atoms with Gasteiger partial charge in [0.15, 0.2) is 11.6 Å². The third-order valence-corrected chi connectivity index (χ3v) is 6.21. The van der Waals surface area contributed by atoms with Crippen molar-refractivity contribution in [2.75, 3.05) is 32.7 Å². The number of piperidine rings is 2. The van der Waals surface area contributed by atoms with Gasteiger partial charge in [0.25, 0.3) is 0 Å². The summed E-state index contributed by atoms with van der Waals surface area (Å²) >= 11 is 0. The van der Waals surface area contributed by atoms with Gasteiger partial charge in [-0.25, -0.2) is 4.39 Å². The molecule has 3 fully saturated rings. The van der Waals surface area contributed by atoms with Crippen LogP contribution in [0.25, 0.3) is 0 Å². The molecule has 0 bridgehead atoms. The van der Waals surface area contributed by atoms with Crippen molar-refractivity contribution in [2.45, 2.75) is 44.2 Å². The molecule has 3 heterocycles. The number of rotatable bonds is 3. The Bertz CT molecular complexity index is 640. The first kappa shape index (κ1) is 17.7. The molecule has 6 heteroatoms. The molecule has 1 spiro atoms. The van der Waals surface area contributed by atoms with Crippen LogP contribution in [0.2, 0.25) is 0 Å². The standard InChI is InChI=1S/C20H28FN3O2/c21-16-3-1-2-4-18(16)26-15-5-11-24(12-6-15)19(25)17-13-20(14-23-17)7-9-22-10-8-20/h1-4,15,17,22-23H,5-14H2. The van der Waals surface area contributed by atoms with Crippen LogP contribution in [-0.4, -0.2) is 55.7 Å². The fourth-order valence-corrected chi connectivity index (χ4v) is 4.56. The van der Waals surface area contributed by atoms with Gasteiger partial charge in [-0.1, -0.05) is 12.1 Å². The highest BCUT2D eigenvalue weighted by Crippen LogP contribution is 2.38. The fourth-order valence-electron chi connectivity index (χ4n) is 4.56. The minimum Gasteiger partial charge on any atom is -0.487 e. The van der Waals surface area contributed by atoms with Crippen LogP contribution in [0.4, 0.5) is 4.39 Å². The second kappa shape index (κ2) is 7.53. The zero-order valence-electron chi connectivity index (χ0n) is 15.2. The summed E-state index contributed by atoms with van der Waals surface area (Å²) in [4.78, 5) is 14.8. The lowest BCUT2D eigenvalue weighted by atomic mass is 9.77. The van der Waals surface area contributed by atoms with E-state index in [1.807, 2.05) is 4.90 Å². The fraction of sp³-hybridized carbons (Fsp3) is 0.650. The summed E-state index contributed by atoms with van der Waals surface area (Å²) in [7, 11) is 0. The van der Waals surface area contributed by atoms with E-state index in [1.165, 1.54) is 6.07 Å². The summed E-state index contributed by atoms with van der Waals surface area (Å²) < 4.78 is 19.5. The Labute approximate surface area is 154 Å². The first-order valence-electron chi connectivity index (χ1n) is 9.79. The van der Waals surface area contributed by atoms with Gasteiger partial charge in [0, 0.05) is 32.5 Å². The lowest BCUT2D eigenvalue weighted by Gasteiger charge is -2.35. The number of ether oxygens (including phenoxy) is 1. The molecule has 2 N–H and O–H groups in total. The SMILES string of the molecule is O=C(C1CC2(CCNCC2)CN1)N1CCC(Oc2ccccc2F)CC1. The minimum absolute atomic E-state index is 0.0248. The van der Waals surface area contributed by atoms with Gasteiger partial charge in [-0.15, -0.1) is 0 Å². The molecule has 1 atom stereocenters. The normalized spacial score (nSPS) is 26.2. The molecule has 3 saturated heterocycles. The molecule has 3 aliphatic rings. The number of amides is 1. The number of carbonyl (C=O) groups is 1. The average molecular weight is 361 g/mol. The van der Waals surface area contributed by atoms with E-state index < -0.39 is 0 Å². The molecule has 0 aliphatic carbocycles. The van der Waals surface area contributed by atoms with Gasteiger partial charge in [0.05, 0.1) is 6.04 Å². The summed E-state index contributed by atoms with van der Waals surface area (Å²) in [6.45, 7) is 4.44. The molecular weight excluding hydrogens is 333 g/mol. The maximum atomic E-state index is 13.7. The van der Waals surface area contributed by atoms with Crippen LogP contribution in [0.3, 0.4) is 0 Å². The van der Waals surface area contributed by atoms with Gasteiger partial charge < -0.3 is 20.3 Å². The largest absolute Gasteiger partial charge is 0.487 e. The van der Waals surface area contributed by atoms with E-state index in [0.717, 1.165) is 51.7 Å². The third-order valence-electron chi connectivity index (χ3n) is 6.21. The Balaban J connectivity index is 1.28. The maximum Gasteiger partial charge on any atom is 0.239 e. The van der Waals surface area contributed by atoms with Crippen LogP contribution in [0.5, 0.6) is 5.75 Å². The van der Waals surface area contributed by atoms with Crippen molar-refractivity contribution in [3.8, 4) is 5.75 Å². The minimum atomic E-state index is -0.326. The molecule has 1 amide bonds. The number of nitrogens with zero attached hydrogens (tertiary/aromatic N) is 1. The van der Waals surface area contributed by atoms with Crippen LogP contribution < -0.4 is 15.4 Å². The molecule has 3 aliphatic heterocycles. The van der Waals surface area contributed by atoms with Crippen molar-refractivity contribution in [3.63, 3.8) is 0 Å². The molecule has 26 heavy (non-hydrogen) atoms. The summed E-state index contributed by atoms with van der Waals surface area (Å²) in [5.74, 6) is 0.209. The predicted octanol–water partition coefficient (Wildman–Crippen LogP) is 1.93. The highest BCUT2D eigenvalue weighted by molar-refractivity contribution is 5.82. The Hall–Kier alpha value is -1.66. The maximum absolute atomic E-state index is 13.7. The highest BCUT2D eigenvalue weighted by atomic mass is 19.1. The molecule has 1 aromatic carbocycles. The van der Waals surface area contributed by atoms with E-state index in [-0.39, 0.29) is 23.9 Å². The number of likely N-dealkylation sites (tertiary alicyclic amines) is 1. The molecular formula is C20H28FN3O2. The summed E-state index contributed by atoms with van der Waals surface area (Å²) in [5.41, 5.74) is 0.303. The molecule has 1 unspecified atom stereocenters. The van der Waals surface area contributed by atoms with Gasteiger partial charge in [-0.2, -0.15) is 0 Å². The third kappa shape index (κ3) is 3.71. The Morgan fingerprint density at radius 3 is 2.65 bits per heavy atom. The molecule has 0 aromatic heterocycles. The monoisotopic (exact) mass is 361 g/mol. The van der Waals surface area contributed by atoms with Gasteiger partial charge in [0.1, 0.15) is 6.10 Å². The molecule has 142 valence electrons. The van der Waals surface area contributed by atoms with Gasteiger partial charge in [-0.05, 0) is 49.9 Å². The number of para-hydroxylation sites is 1. The summed E-state index contributed by atoms with van der Waals surface area (Å²) in [6.07, 6.45) is 4.75. The zero-order chi connectivity index (χ0) is 18.0. The number of hydrogen-bond acceptors (Lipinski definition) is 4. The second-order valence-electron chi connectivity index (χ2n) is 7.96. The van der Waals surface area contributed by atoms with E-state index in [0.29, 0.717) is 24.3 Å². The van der Waals surface area contributed by atoms with Crippen LogP contribution in [0, 0.1) is 11.2 Å². The van der Waals surface area contributed by atoms with Crippen LogP contribution in [-0.2, 0) is 4.79 Å². The van der Waals surface area contributed by atoms with Gasteiger partial charge >= 0.3 is 0 Å². The van der Waals surface area contributed by atoms with E-state index in [4.69, 9.17) is 4.74 Å². The van der Waals surface area contributed by atoms with Crippen LogP contribution in [0.15, 0.2) is 24.3 Å². The van der Waals surface area contributed by atoms with Gasteiger partial charge in [-0.3, -0.25) is 4.79 Å². The molecule has 0 radical (unpaired) electrons. The van der Waals surface area contributed by atoms with Crippen LogP contribution in [0.1, 0.15) is 32.1 Å². The zero-order valence-corrected chi connectivity index (χ0v) is 15.2. The summed E-state index contributed by atoms with van der Waals surface area (Å²) in [5, 5.41) is 6.88. The number of benzene rings is 1. The average Bonchev–Trinajstić information content (AvgIpc) is 3.07. The van der Waals surface area contributed by atoms with Crippen molar-refractivity contribution >= 4 is 5.91 Å². The number of nitrogens with one attached hydrogen (secondary N) is 2. The quantitative estimate of drug-likeness (QED) is 0.864. The van der Waals surface area contributed by atoms with E-state index >= 15 is 0 Å². The Morgan fingerprint density at radius 1 is 1.19 bits per heavy atom.